The first-order valence-electron chi connectivity index (χ1n) is 9.48. The van der Waals surface area contributed by atoms with Gasteiger partial charge in [0.15, 0.2) is 0 Å². The van der Waals surface area contributed by atoms with E-state index in [1.54, 1.807) is 29.2 Å². The predicted molar refractivity (Wildman–Crippen MR) is 113 cm³/mol. The quantitative estimate of drug-likeness (QED) is 0.810. The summed E-state index contributed by atoms with van der Waals surface area (Å²) >= 11 is 5.99. The van der Waals surface area contributed by atoms with Crippen molar-refractivity contribution in [3.63, 3.8) is 0 Å². The van der Waals surface area contributed by atoms with Gasteiger partial charge >= 0.3 is 0 Å². The molecule has 4 rings (SSSR count). The normalized spacial score (nSPS) is 18.2. The third-order valence-corrected chi connectivity index (χ3v) is 5.68. The van der Waals surface area contributed by atoms with E-state index in [1.165, 1.54) is 0 Å². The topological polar surface area (TPSA) is 61.8 Å². The number of hydrogen-bond acceptors (Lipinski definition) is 3. The van der Waals surface area contributed by atoms with Crippen LogP contribution in [-0.2, 0) is 9.59 Å². The van der Waals surface area contributed by atoms with E-state index < -0.39 is 0 Å². The van der Waals surface area contributed by atoms with E-state index in [4.69, 9.17) is 16.6 Å². The van der Waals surface area contributed by atoms with Crippen LogP contribution in [0.15, 0.2) is 41.4 Å². The average Bonchev–Trinajstić information content (AvgIpc) is 3.07. The average molecular weight is 396 g/mol. The molecule has 6 heteroatoms. The first-order valence-corrected chi connectivity index (χ1v) is 9.85. The highest BCUT2D eigenvalue weighted by molar-refractivity contribution is 6.31. The highest BCUT2D eigenvalue weighted by Gasteiger charge is 2.37. The number of amides is 2. The number of halogens is 1. The van der Waals surface area contributed by atoms with Crippen molar-refractivity contribution in [2.75, 3.05) is 16.8 Å². The van der Waals surface area contributed by atoms with Crippen molar-refractivity contribution < 1.29 is 9.59 Å². The lowest BCUT2D eigenvalue weighted by Crippen LogP contribution is -2.42. The summed E-state index contributed by atoms with van der Waals surface area (Å²) in [6.45, 7) is 3.98. The standard InChI is InChI=1S/C22H22ClN3O2/c1-13-9-19-20(10-14(13)2)26(22(28)17-7-4-8-18(17)25-19)12-21(27)24-16-6-3-5-15(23)11-16/h3,5-6,9-11,17H,4,7-8,12H2,1-2H3,(H,24,27)/t17-/m1/s1. The minimum Gasteiger partial charge on any atom is -0.324 e. The highest BCUT2D eigenvalue weighted by Crippen LogP contribution is 2.39. The molecule has 1 heterocycles. The van der Waals surface area contributed by atoms with E-state index in [-0.39, 0.29) is 24.3 Å². The van der Waals surface area contributed by atoms with Gasteiger partial charge in [0.1, 0.15) is 6.54 Å². The van der Waals surface area contributed by atoms with Crippen LogP contribution in [0.2, 0.25) is 5.02 Å². The molecule has 0 unspecified atom stereocenters. The molecular formula is C22H22ClN3O2. The number of aliphatic imine (C=N–C) groups is 1. The molecule has 0 aromatic heterocycles. The lowest BCUT2D eigenvalue weighted by atomic mass is 10.0. The second-order valence-corrected chi connectivity index (χ2v) is 7.89. The minimum atomic E-state index is -0.263. The number of benzene rings is 2. The van der Waals surface area contributed by atoms with Gasteiger partial charge in [-0.25, -0.2) is 0 Å². The molecule has 2 aliphatic rings. The molecule has 2 aromatic carbocycles. The van der Waals surface area contributed by atoms with Crippen LogP contribution in [0.4, 0.5) is 17.1 Å². The Balaban J connectivity index is 1.67. The third kappa shape index (κ3) is 3.54. The van der Waals surface area contributed by atoms with Crippen molar-refractivity contribution in [2.24, 2.45) is 10.9 Å². The molecule has 1 saturated carbocycles. The van der Waals surface area contributed by atoms with E-state index >= 15 is 0 Å². The Bertz CT molecular complexity index is 999. The van der Waals surface area contributed by atoms with Crippen molar-refractivity contribution >= 4 is 46.2 Å². The molecular weight excluding hydrogens is 374 g/mol. The van der Waals surface area contributed by atoms with Gasteiger partial charge in [0, 0.05) is 16.4 Å². The van der Waals surface area contributed by atoms with E-state index in [9.17, 15) is 9.59 Å². The van der Waals surface area contributed by atoms with Crippen LogP contribution < -0.4 is 10.2 Å². The summed E-state index contributed by atoms with van der Waals surface area (Å²) in [4.78, 5) is 32.4. The fourth-order valence-electron chi connectivity index (χ4n) is 3.85. The van der Waals surface area contributed by atoms with Gasteiger partial charge in [-0.3, -0.25) is 14.6 Å². The number of anilines is 2. The molecule has 0 radical (unpaired) electrons. The maximum atomic E-state index is 13.3. The summed E-state index contributed by atoms with van der Waals surface area (Å²) in [5, 5.41) is 3.38. The Labute approximate surface area is 169 Å². The Morgan fingerprint density at radius 1 is 1.25 bits per heavy atom. The van der Waals surface area contributed by atoms with Crippen molar-refractivity contribution in [1.82, 2.24) is 0 Å². The van der Waals surface area contributed by atoms with Gasteiger partial charge in [-0.1, -0.05) is 17.7 Å². The lowest BCUT2D eigenvalue weighted by Gasteiger charge is -2.25. The number of nitrogens with zero attached hydrogens (tertiary/aromatic N) is 2. The van der Waals surface area contributed by atoms with E-state index in [2.05, 4.69) is 5.32 Å². The Morgan fingerprint density at radius 2 is 2.04 bits per heavy atom. The van der Waals surface area contributed by atoms with Gasteiger partial charge in [0.25, 0.3) is 0 Å². The molecule has 2 amide bonds. The number of rotatable bonds is 3. The van der Waals surface area contributed by atoms with Gasteiger partial charge in [-0.2, -0.15) is 0 Å². The smallest absolute Gasteiger partial charge is 0.244 e. The Hall–Kier alpha value is -2.66. The van der Waals surface area contributed by atoms with Crippen LogP contribution in [-0.4, -0.2) is 24.1 Å². The summed E-state index contributed by atoms with van der Waals surface area (Å²) in [6, 6.07) is 10.9. The molecule has 1 aliphatic carbocycles. The number of hydrogen-bond donors (Lipinski definition) is 1. The van der Waals surface area contributed by atoms with Crippen molar-refractivity contribution in [1.29, 1.82) is 0 Å². The summed E-state index contributed by atoms with van der Waals surface area (Å²) in [7, 11) is 0. The van der Waals surface area contributed by atoms with Crippen LogP contribution >= 0.6 is 11.6 Å². The fraction of sp³-hybridized carbons (Fsp3) is 0.318. The van der Waals surface area contributed by atoms with Crippen LogP contribution in [0.1, 0.15) is 30.4 Å². The number of carbonyl (C=O) groups is 2. The van der Waals surface area contributed by atoms with Gasteiger partial charge < -0.3 is 10.2 Å². The maximum absolute atomic E-state index is 13.3. The molecule has 0 saturated heterocycles. The number of nitrogens with one attached hydrogen (secondary N) is 1. The molecule has 2 aromatic rings. The van der Waals surface area contributed by atoms with Crippen molar-refractivity contribution in [3.8, 4) is 0 Å². The Morgan fingerprint density at radius 3 is 2.82 bits per heavy atom. The van der Waals surface area contributed by atoms with Crippen molar-refractivity contribution in [2.45, 2.75) is 33.1 Å². The maximum Gasteiger partial charge on any atom is 0.244 e. The molecule has 0 bridgehead atoms. The first-order chi connectivity index (χ1) is 13.4. The molecule has 1 fully saturated rings. The SMILES string of the molecule is Cc1cc2c(cc1C)N(CC(=O)Nc1cccc(Cl)c1)C(=O)[C@@H]1CCCC1=N2. The van der Waals surface area contributed by atoms with Gasteiger partial charge in [-0.15, -0.1) is 0 Å². The number of carbonyl (C=O) groups excluding carboxylic acids is 2. The van der Waals surface area contributed by atoms with Crippen LogP contribution in [0.5, 0.6) is 0 Å². The molecule has 1 atom stereocenters. The highest BCUT2D eigenvalue weighted by atomic mass is 35.5. The first kappa shape index (κ1) is 18.7. The molecule has 0 spiro atoms. The predicted octanol–water partition coefficient (Wildman–Crippen LogP) is 4.81. The Kier molecular flexibility index (Phi) is 4.94. The van der Waals surface area contributed by atoms with Gasteiger partial charge in [0.05, 0.1) is 17.3 Å². The molecule has 1 aliphatic heterocycles. The summed E-state index contributed by atoms with van der Waals surface area (Å²) < 4.78 is 0. The monoisotopic (exact) mass is 395 g/mol. The molecule has 5 nitrogen and oxygen atoms in total. The zero-order valence-electron chi connectivity index (χ0n) is 16.0. The lowest BCUT2D eigenvalue weighted by molar-refractivity contribution is -0.122. The minimum absolute atomic E-state index is 0.0421. The third-order valence-electron chi connectivity index (χ3n) is 5.45. The molecule has 1 N–H and O–H groups in total. The van der Waals surface area contributed by atoms with Crippen molar-refractivity contribution in [3.05, 3.63) is 52.5 Å². The zero-order chi connectivity index (χ0) is 19.8. The fourth-order valence-corrected chi connectivity index (χ4v) is 4.04. The zero-order valence-corrected chi connectivity index (χ0v) is 16.7. The second kappa shape index (κ2) is 7.40. The van der Waals surface area contributed by atoms with E-state index in [1.807, 2.05) is 26.0 Å². The second-order valence-electron chi connectivity index (χ2n) is 7.46. The number of fused-ring (bicyclic) bond motifs is 2. The van der Waals surface area contributed by atoms with Crippen LogP contribution in [0.3, 0.4) is 0 Å². The summed E-state index contributed by atoms with van der Waals surface area (Å²) in [6.07, 6.45) is 2.58. The van der Waals surface area contributed by atoms with E-state index in [0.29, 0.717) is 16.4 Å². The van der Waals surface area contributed by atoms with Crippen LogP contribution in [0, 0.1) is 19.8 Å². The van der Waals surface area contributed by atoms with Crippen LogP contribution in [0.25, 0.3) is 0 Å². The van der Waals surface area contributed by atoms with Gasteiger partial charge in [-0.05, 0) is 74.6 Å². The summed E-state index contributed by atoms with van der Waals surface area (Å²) in [5.41, 5.74) is 5.21. The number of aryl methyl sites for hydroxylation is 2. The van der Waals surface area contributed by atoms with Gasteiger partial charge in [0.2, 0.25) is 11.8 Å². The largest absolute Gasteiger partial charge is 0.324 e. The molecule has 28 heavy (non-hydrogen) atoms. The molecule has 144 valence electrons. The summed E-state index contributed by atoms with van der Waals surface area (Å²) in [5.74, 6) is -0.535. The van der Waals surface area contributed by atoms with E-state index in [0.717, 1.165) is 41.8 Å².